The Kier molecular flexibility index (Phi) is 1.94. The Morgan fingerprint density at radius 1 is 1.41 bits per heavy atom. The lowest BCUT2D eigenvalue weighted by Crippen LogP contribution is -2.26. The van der Waals surface area contributed by atoms with Crippen LogP contribution in [-0.2, 0) is 12.6 Å². The van der Waals surface area contributed by atoms with Gasteiger partial charge in [-0.25, -0.2) is 8.78 Å². The molecule has 2 N–H and O–H groups in total. The van der Waals surface area contributed by atoms with E-state index in [1.54, 1.807) is 36.0 Å². The lowest BCUT2D eigenvalue weighted by atomic mass is 10.0. The maximum Gasteiger partial charge on any atom is 0.272 e. The fraction of sp³-hybridized carbons (Fsp3) is 0.333. The molecule has 1 aromatic heterocycles. The summed E-state index contributed by atoms with van der Waals surface area (Å²) in [5, 5.41) is 1.33. The van der Waals surface area contributed by atoms with E-state index in [4.69, 9.17) is 17.3 Å². The zero-order chi connectivity index (χ0) is 12.4. The Morgan fingerprint density at radius 3 is 2.65 bits per heavy atom. The predicted molar refractivity (Wildman–Crippen MR) is 63.4 cm³/mol. The van der Waals surface area contributed by atoms with Gasteiger partial charge in [-0.05, 0) is 12.1 Å². The van der Waals surface area contributed by atoms with Crippen molar-refractivity contribution in [3.63, 3.8) is 0 Å². The van der Waals surface area contributed by atoms with Crippen molar-refractivity contribution in [3.05, 3.63) is 35.0 Å². The van der Waals surface area contributed by atoms with E-state index in [2.05, 4.69) is 0 Å². The molecule has 3 rings (SSSR count). The molecule has 0 amide bonds. The summed E-state index contributed by atoms with van der Waals surface area (Å²) in [7, 11) is 1.80. The number of aryl methyl sites for hydroxylation is 1. The number of halogens is 3. The molecule has 0 spiro atoms. The number of nitrogens with zero attached hydrogens (tertiary/aromatic N) is 1. The monoisotopic (exact) mass is 256 g/mol. The normalized spacial score (nSPS) is 26.4. The molecular weight excluding hydrogens is 246 g/mol. The number of benzene rings is 1. The number of alkyl halides is 2. The van der Waals surface area contributed by atoms with Gasteiger partial charge < -0.3 is 10.3 Å². The van der Waals surface area contributed by atoms with Gasteiger partial charge in [0.2, 0.25) is 0 Å². The second-order valence-corrected chi connectivity index (χ2v) is 5.10. The lowest BCUT2D eigenvalue weighted by molar-refractivity contribution is 0.0894. The lowest BCUT2D eigenvalue weighted by Gasteiger charge is -2.08. The zero-order valence-electron chi connectivity index (χ0n) is 9.17. The van der Waals surface area contributed by atoms with E-state index in [0.29, 0.717) is 10.6 Å². The highest BCUT2D eigenvalue weighted by Crippen LogP contribution is 2.58. The van der Waals surface area contributed by atoms with E-state index in [-0.39, 0.29) is 6.42 Å². The predicted octanol–water partition coefficient (Wildman–Crippen LogP) is 3.02. The fourth-order valence-corrected chi connectivity index (χ4v) is 2.48. The molecule has 1 aliphatic rings. The number of rotatable bonds is 1. The van der Waals surface area contributed by atoms with Gasteiger partial charge in [-0.1, -0.05) is 17.7 Å². The van der Waals surface area contributed by atoms with Crippen LogP contribution in [0.2, 0.25) is 5.02 Å². The first-order chi connectivity index (χ1) is 7.85. The minimum Gasteiger partial charge on any atom is -0.350 e. The van der Waals surface area contributed by atoms with Gasteiger partial charge in [0.25, 0.3) is 5.92 Å². The molecule has 1 aromatic carbocycles. The van der Waals surface area contributed by atoms with Crippen molar-refractivity contribution >= 4 is 22.5 Å². The Bertz CT molecular complexity index is 620. The van der Waals surface area contributed by atoms with Gasteiger partial charge >= 0.3 is 0 Å². The number of hydrogen-bond donors (Lipinski definition) is 1. The quantitative estimate of drug-likeness (QED) is 0.835. The van der Waals surface area contributed by atoms with Crippen molar-refractivity contribution in [1.82, 2.24) is 4.57 Å². The largest absolute Gasteiger partial charge is 0.350 e. The summed E-state index contributed by atoms with van der Waals surface area (Å²) in [5.74, 6) is -2.80. The topological polar surface area (TPSA) is 30.9 Å². The molecule has 0 radical (unpaired) electrons. The molecule has 1 unspecified atom stereocenters. The molecule has 1 fully saturated rings. The van der Waals surface area contributed by atoms with Crippen LogP contribution in [0.1, 0.15) is 12.0 Å². The average Bonchev–Trinajstić information content (AvgIpc) is 2.60. The highest BCUT2D eigenvalue weighted by molar-refractivity contribution is 6.31. The number of aromatic nitrogens is 1. The molecule has 2 aromatic rings. The number of hydrogen-bond acceptors (Lipinski definition) is 1. The average molecular weight is 257 g/mol. The van der Waals surface area contributed by atoms with Crippen molar-refractivity contribution in [1.29, 1.82) is 0 Å². The molecule has 5 heteroatoms. The molecule has 1 aliphatic carbocycles. The van der Waals surface area contributed by atoms with Crippen LogP contribution in [0.25, 0.3) is 10.9 Å². The van der Waals surface area contributed by atoms with Crippen LogP contribution in [0.3, 0.4) is 0 Å². The molecule has 0 saturated heterocycles. The van der Waals surface area contributed by atoms with E-state index < -0.39 is 11.5 Å². The third-order valence-corrected chi connectivity index (χ3v) is 3.70. The number of fused-ring (bicyclic) bond motifs is 1. The third kappa shape index (κ3) is 1.34. The molecule has 0 aliphatic heterocycles. The van der Waals surface area contributed by atoms with E-state index in [1.165, 1.54) is 0 Å². The molecule has 17 heavy (non-hydrogen) atoms. The van der Waals surface area contributed by atoms with Crippen LogP contribution in [0.15, 0.2) is 24.4 Å². The summed E-state index contributed by atoms with van der Waals surface area (Å²) in [5.41, 5.74) is 5.57. The summed E-state index contributed by atoms with van der Waals surface area (Å²) in [6.07, 6.45) is 1.38. The van der Waals surface area contributed by atoms with E-state index >= 15 is 0 Å². The van der Waals surface area contributed by atoms with Crippen LogP contribution in [0.4, 0.5) is 8.78 Å². The summed E-state index contributed by atoms with van der Waals surface area (Å²) in [4.78, 5) is 0. The Labute approximate surface area is 102 Å². The van der Waals surface area contributed by atoms with Gasteiger partial charge in [-0.2, -0.15) is 0 Å². The maximum atomic E-state index is 13.3. The minimum absolute atomic E-state index is 0.290. The Morgan fingerprint density at radius 2 is 2.06 bits per heavy atom. The second-order valence-electron chi connectivity index (χ2n) is 4.67. The van der Waals surface area contributed by atoms with E-state index in [0.717, 1.165) is 10.9 Å². The zero-order valence-corrected chi connectivity index (χ0v) is 9.93. The van der Waals surface area contributed by atoms with Gasteiger partial charge in [0.15, 0.2) is 0 Å². The first kappa shape index (κ1) is 11.0. The van der Waals surface area contributed by atoms with Gasteiger partial charge in [0, 0.05) is 41.2 Å². The van der Waals surface area contributed by atoms with Crippen LogP contribution >= 0.6 is 11.6 Å². The highest BCUT2D eigenvalue weighted by Gasteiger charge is 2.70. The van der Waals surface area contributed by atoms with Crippen molar-refractivity contribution in [3.8, 4) is 0 Å². The van der Waals surface area contributed by atoms with Crippen LogP contribution in [0.5, 0.6) is 0 Å². The summed E-state index contributed by atoms with van der Waals surface area (Å²) in [6.45, 7) is 0. The minimum atomic E-state index is -2.80. The Balaban J connectivity index is 2.26. The van der Waals surface area contributed by atoms with Crippen molar-refractivity contribution < 1.29 is 8.78 Å². The molecule has 1 heterocycles. The maximum absolute atomic E-state index is 13.3. The van der Waals surface area contributed by atoms with E-state index in [1.807, 2.05) is 0 Å². The van der Waals surface area contributed by atoms with Gasteiger partial charge in [0.1, 0.15) is 5.54 Å². The summed E-state index contributed by atoms with van der Waals surface area (Å²) < 4.78 is 28.4. The summed E-state index contributed by atoms with van der Waals surface area (Å²) in [6, 6.07) is 5.19. The standard InChI is InChI=1S/C12H11ClF2N2/c1-17-5-9(11(16)6-12(11,14)15)8-3-2-7(13)4-10(8)17/h2-5H,6,16H2,1H3. The molecule has 2 nitrogen and oxygen atoms in total. The van der Waals surface area contributed by atoms with Crippen molar-refractivity contribution in [2.45, 2.75) is 17.9 Å². The molecule has 90 valence electrons. The van der Waals surface area contributed by atoms with Crippen molar-refractivity contribution in [2.24, 2.45) is 12.8 Å². The molecule has 0 bridgehead atoms. The van der Waals surface area contributed by atoms with Gasteiger partial charge in [-0.15, -0.1) is 0 Å². The van der Waals surface area contributed by atoms with Crippen LogP contribution in [-0.4, -0.2) is 10.5 Å². The third-order valence-electron chi connectivity index (χ3n) is 3.46. The first-order valence-corrected chi connectivity index (χ1v) is 5.65. The Hall–Kier alpha value is -1.13. The fourth-order valence-electron chi connectivity index (χ4n) is 2.31. The van der Waals surface area contributed by atoms with Crippen LogP contribution < -0.4 is 5.73 Å². The SMILES string of the molecule is Cn1cc(C2(N)CC2(F)F)c2ccc(Cl)cc21. The van der Waals surface area contributed by atoms with Gasteiger partial charge in [0.05, 0.1) is 0 Å². The van der Waals surface area contributed by atoms with Crippen LogP contribution in [0, 0.1) is 0 Å². The van der Waals surface area contributed by atoms with Crippen molar-refractivity contribution in [2.75, 3.05) is 0 Å². The molecular formula is C12H11ClF2N2. The number of nitrogens with two attached hydrogens (primary N) is 1. The van der Waals surface area contributed by atoms with E-state index in [9.17, 15) is 8.78 Å². The second kappa shape index (κ2) is 3.00. The smallest absolute Gasteiger partial charge is 0.272 e. The molecule has 1 atom stereocenters. The van der Waals surface area contributed by atoms with Gasteiger partial charge in [-0.3, -0.25) is 0 Å². The molecule has 1 saturated carbocycles. The highest BCUT2D eigenvalue weighted by atomic mass is 35.5. The summed E-state index contributed by atoms with van der Waals surface area (Å²) >= 11 is 5.89. The first-order valence-electron chi connectivity index (χ1n) is 5.27.